The number of rotatable bonds is 4. The maximum atomic E-state index is 12.3. The second kappa shape index (κ2) is 6.84. The van der Waals surface area contributed by atoms with Crippen molar-refractivity contribution in [1.82, 2.24) is 14.1 Å². The van der Waals surface area contributed by atoms with Crippen LogP contribution < -0.4 is 10.3 Å². The number of benzene rings is 1. The van der Waals surface area contributed by atoms with Crippen LogP contribution in [0.25, 0.3) is 4.96 Å². The second-order valence-corrected chi connectivity index (χ2v) is 8.53. The molecule has 0 unspecified atom stereocenters. The molecule has 28 heavy (non-hydrogen) atoms. The first-order valence-electron chi connectivity index (χ1n) is 8.17. The minimum atomic E-state index is -3.68. The van der Waals surface area contributed by atoms with Gasteiger partial charge in [0, 0.05) is 23.2 Å². The zero-order valence-electron chi connectivity index (χ0n) is 14.5. The first-order chi connectivity index (χ1) is 13.3. The highest BCUT2D eigenvalue weighted by atomic mass is 32.2. The molecule has 0 aliphatic carbocycles. The number of carbonyl (C=O) groups is 1. The summed E-state index contributed by atoms with van der Waals surface area (Å²) in [5.74, 6) is -0.569. The van der Waals surface area contributed by atoms with Crippen molar-refractivity contribution in [2.45, 2.75) is 24.5 Å². The van der Waals surface area contributed by atoms with Crippen molar-refractivity contribution < 1.29 is 17.9 Å². The number of amidine groups is 1. The summed E-state index contributed by atoms with van der Waals surface area (Å²) in [6, 6.07) is 6.72. The Bertz CT molecular complexity index is 1280. The molecule has 1 aliphatic rings. The molecule has 1 atom stereocenters. The lowest BCUT2D eigenvalue weighted by Crippen LogP contribution is -2.27. The van der Waals surface area contributed by atoms with Crippen LogP contribution in [-0.4, -0.2) is 35.6 Å². The van der Waals surface area contributed by atoms with Crippen LogP contribution in [0.5, 0.6) is 0 Å². The van der Waals surface area contributed by atoms with E-state index in [0.29, 0.717) is 16.2 Å². The normalized spacial score (nSPS) is 17.2. The molecule has 144 valence electrons. The summed E-state index contributed by atoms with van der Waals surface area (Å²) < 4.78 is 33.1. The Morgan fingerprint density at radius 1 is 1.39 bits per heavy atom. The summed E-state index contributed by atoms with van der Waals surface area (Å²) >= 11 is 1.30. The van der Waals surface area contributed by atoms with Crippen molar-refractivity contribution in [3.05, 3.63) is 63.5 Å². The third-order valence-electron chi connectivity index (χ3n) is 4.05. The van der Waals surface area contributed by atoms with Crippen LogP contribution >= 0.6 is 11.3 Å². The zero-order chi connectivity index (χ0) is 19.9. The number of hydrogen-bond donors (Lipinski definition) is 1. The number of thiazole rings is 1. The average Bonchev–Trinajstić information content (AvgIpc) is 3.23. The molecule has 0 fully saturated rings. The minimum absolute atomic E-state index is 0.0939. The van der Waals surface area contributed by atoms with Crippen molar-refractivity contribution in [1.29, 1.82) is 0 Å². The summed E-state index contributed by atoms with van der Waals surface area (Å²) in [4.78, 5) is 33.2. The van der Waals surface area contributed by atoms with Crippen molar-refractivity contribution >= 4 is 38.1 Å². The lowest BCUT2D eigenvalue weighted by Gasteiger charge is -2.09. The van der Waals surface area contributed by atoms with E-state index in [9.17, 15) is 18.0 Å². The molecule has 0 amide bonds. The van der Waals surface area contributed by atoms with Crippen LogP contribution in [0.15, 0.2) is 56.6 Å². The van der Waals surface area contributed by atoms with E-state index in [0.717, 1.165) is 0 Å². The maximum Gasteiger partial charge on any atom is 0.331 e. The second-order valence-electron chi connectivity index (χ2n) is 6.00. The summed E-state index contributed by atoms with van der Waals surface area (Å²) in [5.41, 5.74) is 0.468. The Kier molecular flexibility index (Phi) is 4.47. The Hall–Kier alpha value is -3.05. The summed E-state index contributed by atoms with van der Waals surface area (Å²) in [7, 11) is -3.68. The molecule has 0 saturated heterocycles. The van der Waals surface area contributed by atoms with Crippen molar-refractivity contribution in [3.8, 4) is 0 Å². The number of hydrogen-bond acceptors (Lipinski definition) is 8. The van der Waals surface area contributed by atoms with E-state index in [4.69, 9.17) is 4.74 Å². The largest absolute Gasteiger partial charge is 0.458 e. The number of aliphatic imine (C=N–C) groups is 1. The van der Waals surface area contributed by atoms with Crippen LogP contribution in [0, 0.1) is 0 Å². The van der Waals surface area contributed by atoms with Gasteiger partial charge in [-0.3, -0.25) is 18.9 Å². The van der Waals surface area contributed by atoms with Gasteiger partial charge in [-0.15, -0.1) is 11.3 Å². The van der Waals surface area contributed by atoms with Gasteiger partial charge in [0.1, 0.15) is 18.5 Å². The Balaban J connectivity index is 1.49. The van der Waals surface area contributed by atoms with Gasteiger partial charge in [-0.25, -0.2) is 18.2 Å². The number of esters is 1. The molecule has 0 spiro atoms. The highest BCUT2D eigenvalue weighted by Crippen LogP contribution is 2.22. The topological polar surface area (TPSA) is 119 Å². The molecular formula is C17H14N4O5S2. The van der Waals surface area contributed by atoms with Crippen LogP contribution in [0.4, 0.5) is 0 Å². The van der Waals surface area contributed by atoms with Gasteiger partial charge in [-0.2, -0.15) is 0 Å². The molecule has 1 aliphatic heterocycles. The lowest BCUT2D eigenvalue weighted by molar-refractivity contribution is -0.146. The number of nitrogens with zero attached hydrogens (tertiary/aromatic N) is 3. The Morgan fingerprint density at radius 3 is 3.00 bits per heavy atom. The molecular weight excluding hydrogens is 404 g/mol. The van der Waals surface area contributed by atoms with E-state index in [2.05, 4.69) is 14.7 Å². The van der Waals surface area contributed by atoms with E-state index in [1.165, 1.54) is 34.8 Å². The van der Waals surface area contributed by atoms with E-state index in [1.54, 1.807) is 29.8 Å². The number of sulfonamides is 1. The molecule has 0 radical (unpaired) electrons. The number of fused-ring (bicyclic) bond motifs is 2. The van der Waals surface area contributed by atoms with E-state index >= 15 is 0 Å². The fourth-order valence-corrected chi connectivity index (χ4v) is 4.68. The van der Waals surface area contributed by atoms with Gasteiger partial charge in [-0.1, -0.05) is 12.1 Å². The lowest BCUT2D eigenvalue weighted by atomic mass is 10.2. The van der Waals surface area contributed by atoms with Crippen LogP contribution in [-0.2, 0) is 26.2 Å². The van der Waals surface area contributed by atoms with Gasteiger partial charge in [0.25, 0.3) is 15.6 Å². The summed E-state index contributed by atoms with van der Waals surface area (Å²) in [6.07, 6.45) is 1.61. The molecule has 4 rings (SSSR count). The van der Waals surface area contributed by atoms with Crippen molar-refractivity contribution in [2.24, 2.45) is 4.99 Å². The summed E-state index contributed by atoms with van der Waals surface area (Å²) in [6.45, 7) is 1.31. The zero-order valence-corrected chi connectivity index (χ0v) is 16.2. The van der Waals surface area contributed by atoms with Crippen molar-refractivity contribution in [2.75, 3.05) is 0 Å². The molecule has 2 aromatic heterocycles. The van der Waals surface area contributed by atoms with E-state index < -0.39 is 22.0 Å². The smallest absolute Gasteiger partial charge is 0.331 e. The predicted octanol–water partition coefficient (Wildman–Crippen LogP) is 0.926. The van der Waals surface area contributed by atoms with Crippen LogP contribution in [0.1, 0.15) is 18.2 Å². The molecule has 11 heteroatoms. The third kappa shape index (κ3) is 3.29. The first kappa shape index (κ1) is 18.3. The molecule has 9 nitrogen and oxygen atoms in total. The van der Waals surface area contributed by atoms with Gasteiger partial charge < -0.3 is 4.74 Å². The predicted molar refractivity (Wildman–Crippen MR) is 102 cm³/mol. The van der Waals surface area contributed by atoms with Gasteiger partial charge in [0.15, 0.2) is 4.96 Å². The monoisotopic (exact) mass is 418 g/mol. The fraction of sp³-hybridized carbons (Fsp3) is 0.176. The fourth-order valence-electron chi connectivity index (χ4n) is 2.70. The highest BCUT2D eigenvalue weighted by Gasteiger charge is 2.31. The molecule has 3 aromatic rings. The SMILES string of the molecule is C[C@H](N=C1NS(=O)(=O)c2ccccc21)C(=O)OCc1cc(=O)n2ccsc2n1. The third-order valence-corrected chi connectivity index (χ3v) is 6.20. The van der Waals surface area contributed by atoms with Crippen molar-refractivity contribution in [3.63, 3.8) is 0 Å². The number of nitrogens with one attached hydrogen (secondary N) is 1. The number of ether oxygens (including phenoxy) is 1. The first-order valence-corrected chi connectivity index (χ1v) is 10.5. The molecule has 0 bridgehead atoms. The molecule has 1 N–H and O–H groups in total. The van der Waals surface area contributed by atoms with Gasteiger partial charge in [0.05, 0.1) is 10.6 Å². The molecule has 0 saturated carbocycles. The van der Waals surface area contributed by atoms with Crippen LogP contribution in [0.2, 0.25) is 0 Å². The van der Waals surface area contributed by atoms with Gasteiger partial charge in [-0.05, 0) is 19.1 Å². The number of aromatic nitrogens is 2. The number of carbonyl (C=O) groups excluding carboxylic acids is 1. The Morgan fingerprint density at radius 2 is 2.18 bits per heavy atom. The summed E-state index contributed by atoms with van der Waals surface area (Å²) in [5, 5.41) is 1.73. The van der Waals surface area contributed by atoms with Gasteiger partial charge >= 0.3 is 5.97 Å². The molecule has 1 aromatic carbocycles. The Labute approximate surface area is 163 Å². The van der Waals surface area contributed by atoms with Crippen LogP contribution in [0.3, 0.4) is 0 Å². The minimum Gasteiger partial charge on any atom is -0.458 e. The average molecular weight is 418 g/mol. The highest BCUT2D eigenvalue weighted by molar-refractivity contribution is 7.90. The van der Waals surface area contributed by atoms with Gasteiger partial charge in [0.2, 0.25) is 0 Å². The van der Waals surface area contributed by atoms with E-state index in [-0.39, 0.29) is 22.9 Å². The standard InChI is InChI=1S/C17H14N4O5S2/c1-10(18-15-12-4-2-3-5-13(12)28(24,25)20-15)16(23)26-9-11-8-14(22)21-6-7-27-17(21)19-11/h2-8,10H,9H2,1H3,(H,18,20)/t10-/m0/s1. The quantitative estimate of drug-likeness (QED) is 0.630. The van der Waals surface area contributed by atoms with E-state index in [1.807, 2.05) is 0 Å². The molecule has 3 heterocycles. The maximum absolute atomic E-state index is 12.3.